The van der Waals surface area contributed by atoms with E-state index in [1.165, 1.54) is 11.3 Å². The first-order valence-electron chi connectivity index (χ1n) is 7.98. The van der Waals surface area contributed by atoms with Gasteiger partial charge in [-0.1, -0.05) is 18.2 Å². The number of rotatable bonds is 3. The molecule has 118 valence electrons. The lowest BCUT2D eigenvalue weighted by molar-refractivity contribution is 0.102. The Morgan fingerprint density at radius 1 is 1.00 bits per heavy atom. The van der Waals surface area contributed by atoms with Crippen LogP contribution < -0.4 is 10.2 Å². The van der Waals surface area contributed by atoms with Crippen LogP contribution in [0.3, 0.4) is 0 Å². The quantitative estimate of drug-likeness (QED) is 0.794. The summed E-state index contributed by atoms with van der Waals surface area (Å²) in [6, 6.07) is 19.9. The van der Waals surface area contributed by atoms with Gasteiger partial charge in [0.2, 0.25) is 0 Å². The molecule has 3 aromatic rings. The van der Waals surface area contributed by atoms with Gasteiger partial charge in [0, 0.05) is 36.0 Å². The summed E-state index contributed by atoms with van der Waals surface area (Å²) in [6.07, 6.45) is 4.28. The second kappa shape index (κ2) is 6.16. The summed E-state index contributed by atoms with van der Waals surface area (Å²) in [4.78, 5) is 18.4. The maximum atomic E-state index is 12.2. The van der Waals surface area contributed by atoms with E-state index in [2.05, 4.69) is 39.5 Å². The molecule has 0 bridgehead atoms. The zero-order chi connectivity index (χ0) is 16.4. The fraction of sp³-hybridized carbons (Fsp3) is 0.100. The van der Waals surface area contributed by atoms with Gasteiger partial charge in [-0.25, -0.2) is 0 Å². The van der Waals surface area contributed by atoms with Gasteiger partial charge in [0.1, 0.15) is 0 Å². The Bertz CT molecular complexity index is 860. The van der Waals surface area contributed by atoms with E-state index >= 15 is 0 Å². The number of nitrogens with one attached hydrogen (secondary N) is 1. The minimum Gasteiger partial charge on any atom is -0.341 e. The predicted octanol–water partition coefficient (Wildman–Crippen LogP) is 4.03. The molecule has 2 heterocycles. The highest BCUT2D eigenvalue weighted by Crippen LogP contribution is 2.34. The Morgan fingerprint density at radius 2 is 1.83 bits per heavy atom. The molecule has 0 spiro atoms. The molecular weight excluding hydrogens is 298 g/mol. The molecule has 2 aromatic carbocycles. The Labute approximate surface area is 140 Å². The summed E-state index contributed by atoms with van der Waals surface area (Å²) in [5.41, 5.74) is 5.12. The molecule has 24 heavy (non-hydrogen) atoms. The average Bonchev–Trinajstić information content (AvgIpc) is 3.07. The van der Waals surface area contributed by atoms with Crippen LogP contribution in [0, 0.1) is 0 Å². The Balaban J connectivity index is 1.51. The summed E-state index contributed by atoms with van der Waals surface area (Å²) in [7, 11) is 0. The van der Waals surface area contributed by atoms with Crippen LogP contribution in [-0.4, -0.2) is 17.4 Å². The fourth-order valence-corrected chi connectivity index (χ4v) is 3.03. The van der Waals surface area contributed by atoms with Crippen molar-refractivity contribution in [3.8, 4) is 0 Å². The summed E-state index contributed by atoms with van der Waals surface area (Å²) < 4.78 is 0. The molecule has 1 N–H and O–H groups in total. The fourth-order valence-electron chi connectivity index (χ4n) is 3.03. The molecule has 1 amide bonds. The van der Waals surface area contributed by atoms with Crippen LogP contribution in [0.15, 0.2) is 73.1 Å². The smallest absolute Gasteiger partial charge is 0.257 e. The molecule has 0 unspecified atom stereocenters. The SMILES string of the molecule is O=C(Nc1ccc(N2CCc3ccccc32)cc1)c1cccnc1. The number of benzene rings is 2. The molecule has 0 fully saturated rings. The van der Waals surface area contributed by atoms with Crippen LogP contribution in [0.5, 0.6) is 0 Å². The number of pyridine rings is 1. The van der Waals surface area contributed by atoms with E-state index < -0.39 is 0 Å². The van der Waals surface area contributed by atoms with Gasteiger partial charge in [0.05, 0.1) is 5.56 Å². The lowest BCUT2D eigenvalue weighted by Gasteiger charge is -2.20. The van der Waals surface area contributed by atoms with E-state index in [-0.39, 0.29) is 5.91 Å². The third-order valence-corrected chi connectivity index (χ3v) is 4.25. The van der Waals surface area contributed by atoms with Gasteiger partial charge in [-0.05, 0) is 54.4 Å². The molecule has 4 rings (SSSR count). The highest BCUT2D eigenvalue weighted by Gasteiger charge is 2.19. The number of amides is 1. The molecule has 1 aliphatic heterocycles. The van der Waals surface area contributed by atoms with Gasteiger partial charge in [-0.15, -0.1) is 0 Å². The van der Waals surface area contributed by atoms with Gasteiger partial charge in [-0.2, -0.15) is 0 Å². The predicted molar refractivity (Wildman–Crippen MR) is 95.8 cm³/mol. The maximum Gasteiger partial charge on any atom is 0.257 e. The van der Waals surface area contributed by atoms with Gasteiger partial charge in [0.15, 0.2) is 0 Å². The van der Waals surface area contributed by atoms with Crippen molar-refractivity contribution in [3.05, 3.63) is 84.2 Å². The number of carbonyl (C=O) groups excluding carboxylic acids is 1. The first kappa shape index (κ1) is 14.5. The summed E-state index contributed by atoms with van der Waals surface area (Å²) in [5.74, 6) is -0.151. The number of nitrogens with zero attached hydrogens (tertiary/aromatic N) is 2. The lowest BCUT2D eigenvalue weighted by Crippen LogP contribution is -2.14. The third-order valence-electron chi connectivity index (χ3n) is 4.25. The molecular formula is C20H17N3O. The minimum atomic E-state index is -0.151. The van der Waals surface area contributed by atoms with Crippen LogP contribution in [-0.2, 0) is 6.42 Å². The zero-order valence-electron chi connectivity index (χ0n) is 13.1. The second-order valence-corrected chi connectivity index (χ2v) is 5.77. The molecule has 0 saturated heterocycles. The summed E-state index contributed by atoms with van der Waals surface area (Å²) in [6.45, 7) is 0.987. The Kier molecular flexibility index (Phi) is 3.71. The Morgan fingerprint density at radius 3 is 2.62 bits per heavy atom. The molecule has 1 aromatic heterocycles. The molecule has 1 aliphatic rings. The van der Waals surface area contributed by atoms with E-state index in [9.17, 15) is 4.79 Å². The van der Waals surface area contributed by atoms with Gasteiger partial charge < -0.3 is 10.2 Å². The molecule has 4 nitrogen and oxygen atoms in total. The molecule has 0 saturated carbocycles. The van der Waals surface area contributed by atoms with E-state index in [1.54, 1.807) is 24.5 Å². The molecule has 4 heteroatoms. The maximum absolute atomic E-state index is 12.2. The number of fused-ring (bicyclic) bond motifs is 1. The molecule has 0 atom stereocenters. The number of hydrogen-bond donors (Lipinski definition) is 1. The lowest BCUT2D eigenvalue weighted by atomic mass is 10.2. The highest BCUT2D eigenvalue weighted by atomic mass is 16.1. The highest BCUT2D eigenvalue weighted by molar-refractivity contribution is 6.04. The number of aromatic nitrogens is 1. The van der Waals surface area contributed by atoms with Gasteiger partial charge in [-0.3, -0.25) is 9.78 Å². The van der Waals surface area contributed by atoms with Crippen LogP contribution >= 0.6 is 0 Å². The Hall–Kier alpha value is -3.14. The number of carbonyl (C=O) groups is 1. The van der Waals surface area contributed by atoms with E-state index in [0.29, 0.717) is 5.56 Å². The van der Waals surface area contributed by atoms with Crippen molar-refractivity contribution in [2.24, 2.45) is 0 Å². The van der Waals surface area contributed by atoms with Crippen molar-refractivity contribution >= 4 is 23.0 Å². The summed E-state index contributed by atoms with van der Waals surface area (Å²) >= 11 is 0. The number of para-hydroxylation sites is 1. The van der Waals surface area contributed by atoms with Crippen molar-refractivity contribution in [2.75, 3.05) is 16.8 Å². The average molecular weight is 315 g/mol. The van der Waals surface area contributed by atoms with Crippen molar-refractivity contribution in [3.63, 3.8) is 0 Å². The monoisotopic (exact) mass is 315 g/mol. The van der Waals surface area contributed by atoms with Crippen molar-refractivity contribution in [1.82, 2.24) is 4.98 Å². The topological polar surface area (TPSA) is 45.2 Å². The molecule has 0 aliphatic carbocycles. The zero-order valence-corrected chi connectivity index (χ0v) is 13.1. The van der Waals surface area contributed by atoms with Crippen LogP contribution in [0.25, 0.3) is 0 Å². The van der Waals surface area contributed by atoms with Gasteiger partial charge in [0.25, 0.3) is 5.91 Å². The first-order chi connectivity index (χ1) is 11.8. The number of anilines is 3. The minimum absolute atomic E-state index is 0.151. The van der Waals surface area contributed by atoms with E-state index in [4.69, 9.17) is 0 Å². The largest absolute Gasteiger partial charge is 0.341 e. The number of hydrogen-bond acceptors (Lipinski definition) is 3. The summed E-state index contributed by atoms with van der Waals surface area (Å²) in [5, 5.41) is 2.90. The van der Waals surface area contributed by atoms with Crippen molar-refractivity contribution in [1.29, 1.82) is 0 Å². The molecule has 0 radical (unpaired) electrons. The standard InChI is InChI=1S/C20H17N3O/c24-20(16-5-3-12-21-14-16)22-17-7-9-18(10-8-17)23-13-11-15-4-1-2-6-19(15)23/h1-10,12,14H,11,13H2,(H,22,24). The first-order valence-corrected chi connectivity index (χ1v) is 7.98. The van der Waals surface area contributed by atoms with E-state index in [0.717, 1.165) is 24.3 Å². The second-order valence-electron chi connectivity index (χ2n) is 5.77. The van der Waals surface area contributed by atoms with Crippen LogP contribution in [0.2, 0.25) is 0 Å². The van der Waals surface area contributed by atoms with Gasteiger partial charge >= 0.3 is 0 Å². The third kappa shape index (κ3) is 2.74. The normalized spacial score (nSPS) is 12.8. The van der Waals surface area contributed by atoms with Crippen LogP contribution in [0.4, 0.5) is 17.1 Å². The van der Waals surface area contributed by atoms with E-state index in [1.807, 2.05) is 24.3 Å². The van der Waals surface area contributed by atoms with Crippen LogP contribution in [0.1, 0.15) is 15.9 Å². The van der Waals surface area contributed by atoms with Crippen molar-refractivity contribution < 1.29 is 4.79 Å². The van der Waals surface area contributed by atoms with Crippen molar-refractivity contribution in [2.45, 2.75) is 6.42 Å².